The molecule has 1 amide bonds. The number of azo groups is 1. The molecule has 0 fully saturated rings. The summed E-state index contributed by atoms with van der Waals surface area (Å²) in [5.74, 6) is 0.148. The normalized spacial score (nSPS) is 11.7. The number of rotatable bonds is 9. The van der Waals surface area contributed by atoms with E-state index in [1.165, 1.54) is 59.6 Å². The van der Waals surface area contributed by atoms with E-state index in [9.17, 15) is 9.59 Å². The topological polar surface area (TPSA) is 108 Å². The Morgan fingerprint density at radius 3 is 1.97 bits per heavy atom. The SMILES string of the molecule is COc1cc(OC)c(N=NC(C(C)=O)C(=O)Nc2cc(OC)c(OC)cc2Cl)cc1Cl. The third-order valence-corrected chi connectivity index (χ3v) is 4.71. The van der Waals surface area contributed by atoms with Gasteiger partial charge in [0, 0.05) is 18.2 Å². The smallest absolute Gasteiger partial charge is 0.258 e. The van der Waals surface area contributed by atoms with Gasteiger partial charge in [0.2, 0.25) is 6.04 Å². The molecule has 0 heterocycles. The molecule has 2 rings (SSSR count). The minimum Gasteiger partial charge on any atom is -0.495 e. The van der Waals surface area contributed by atoms with Crippen LogP contribution in [0, 0.1) is 0 Å². The van der Waals surface area contributed by atoms with Crippen molar-refractivity contribution in [1.29, 1.82) is 0 Å². The van der Waals surface area contributed by atoms with Gasteiger partial charge in [0.1, 0.15) is 17.2 Å². The highest BCUT2D eigenvalue weighted by molar-refractivity contribution is 6.34. The van der Waals surface area contributed by atoms with Crippen molar-refractivity contribution in [3.63, 3.8) is 0 Å². The number of nitrogens with one attached hydrogen (secondary N) is 1. The average Bonchev–Trinajstić information content (AvgIpc) is 2.74. The summed E-state index contributed by atoms with van der Waals surface area (Å²) in [4.78, 5) is 24.8. The highest BCUT2D eigenvalue weighted by atomic mass is 35.5. The molecule has 166 valence electrons. The van der Waals surface area contributed by atoms with E-state index >= 15 is 0 Å². The van der Waals surface area contributed by atoms with Crippen LogP contribution in [0.15, 0.2) is 34.5 Å². The zero-order valence-corrected chi connectivity index (χ0v) is 19.0. The Bertz CT molecular complexity index is 1010. The number of amides is 1. The molecule has 0 aliphatic heterocycles. The summed E-state index contributed by atoms with van der Waals surface area (Å²) >= 11 is 12.3. The molecule has 11 heteroatoms. The fraction of sp³-hybridized carbons (Fsp3) is 0.300. The molecule has 2 aromatic carbocycles. The van der Waals surface area contributed by atoms with Crippen molar-refractivity contribution in [2.75, 3.05) is 33.8 Å². The van der Waals surface area contributed by atoms with E-state index < -0.39 is 17.7 Å². The molecule has 0 radical (unpaired) electrons. The van der Waals surface area contributed by atoms with Crippen LogP contribution in [0.2, 0.25) is 10.0 Å². The fourth-order valence-electron chi connectivity index (χ4n) is 2.51. The van der Waals surface area contributed by atoms with Crippen molar-refractivity contribution in [2.45, 2.75) is 13.0 Å². The number of nitrogens with zero attached hydrogens (tertiary/aromatic N) is 2. The van der Waals surface area contributed by atoms with Gasteiger partial charge in [0.15, 0.2) is 17.3 Å². The van der Waals surface area contributed by atoms with Gasteiger partial charge >= 0.3 is 0 Å². The van der Waals surface area contributed by atoms with Crippen molar-refractivity contribution in [2.24, 2.45) is 10.2 Å². The average molecular weight is 470 g/mol. The number of methoxy groups -OCH3 is 4. The lowest BCUT2D eigenvalue weighted by Gasteiger charge is -2.14. The number of benzene rings is 2. The fourth-order valence-corrected chi connectivity index (χ4v) is 2.95. The third kappa shape index (κ3) is 5.77. The van der Waals surface area contributed by atoms with Crippen LogP contribution in [0.25, 0.3) is 0 Å². The second-order valence-corrected chi connectivity index (χ2v) is 6.88. The van der Waals surface area contributed by atoms with Gasteiger partial charge in [-0.1, -0.05) is 23.2 Å². The van der Waals surface area contributed by atoms with Crippen LogP contribution >= 0.6 is 23.2 Å². The van der Waals surface area contributed by atoms with E-state index in [2.05, 4.69) is 15.5 Å². The van der Waals surface area contributed by atoms with Crippen LogP contribution in [-0.4, -0.2) is 46.2 Å². The summed E-state index contributed by atoms with van der Waals surface area (Å²) < 4.78 is 20.7. The first-order valence-electron chi connectivity index (χ1n) is 8.80. The molecule has 1 N–H and O–H groups in total. The first-order chi connectivity index (χ1) is 14.7. The molecular weight excluding hydrogens is 449 g/mol. The lowest BCUT2D eigenvalue weighted by molar-refractivity contribution is -0.126. The van der Waals surface area contributed by atoms with Crippen molar-refractivity contribution in [1.82, 2.24) is 0 Å². The highest BCUT2D eigenvalue weighted by Crippen LogP contribution is 2.38. The standard InChI is InChI=1S/C20H21Cl2N3O6/c1-10(26)19(25-24-14-6-12(22)15(28-2)9-16(14)29-3)20(27)23-13-8-18(31-5)17(30-4)7-11(13)21/h6-9,19H,1-5H3,(H,23,27). The van der Waals surface area contributed by atoms with Gasteiger partial charge in [-0.05, 0) is 13.0 Å². The van der Waals surface area contributed by atoms with Gasteiger partial charge in [-0.25, -0.2) is 0 Å². The Morgan fingerprint density at radius 2 is 1.42 bits per heavy atom. The van der Waals surface area contributed by atoms with Crippen LogP contribution in [-0.2, 0) is 9.59 Å². The molecule has 31 heavy (non-hydrogen) atoms. The number of hydrogen-bond donors (Lipinski definition) is 1. The molecule has 0 saturated heterocycles. The van der Waals surface area contributed by atoms with Gasteiger partial charge < -0.3 is 24.3 Å². The number of carbonyl (C=O) groups is 2. The maximum Gasteiger partial charge on any atom is 0.258 e. The first-order valence-corrected chi connectivity index (χ1v) is 9.56. The van der Waals surface area contributed by atoms with Crippen LogP contribution in [0.4, 0.5) is 11.4 Å². The second kappa shape index (κ2) is 10.8. The van der Waals surface area contributed by atoms with Crippen LogP contribution in [0.1, 0.15) is 6.92 Å². The third-order valence-electron chi connectivity index (χ3n) is 4.10. The molecule has 1 atom stereocenters. The molecular formula is C20H21Cl2N3O6. The first kappa shape index (κ1) is 24.2. The van der Waals surface area contributed by atoms with E-state index in [1.807, 2.05) is 0 Å². The van der Waals surface area contributed by atoms with E-state index in [4.69, 9.17) is 42.1 Å². The summed E-state index contributed by atoms with van der Waals surface area (Å²) in [7, 11) is 5.78. The van der Waals surface area contributed by atoms with Crippen LogP contribution in [0.5, 0.6) is 23.0 Å². The molecule has 0 spiro atoms. The minimum atomic E-state index is -1.44. The van der Waals surface area contributed by atoms with Crippen molar-refractivity contribution in [3.8, 4) is 23.0 Å². The molecule has 0 aromatic heterocycles. The molecule has 0 aliphatic carbocycles. The molecule has 0 bridgehead atoms. The quantitative estimate of drug-likeness (QED) is 0.420. The summed E-state index contributed by atoms with van der Waals surface area (Å²) in [6.07, 6.45) is 0. The van der Waals surface area contributed by atoms with Gasteiger partial charge in [-0.15, -0.1) is 0 Å². The van der Waals surface area contributed by atoms with Gasteiger partial charge in [0.25, 0.3) is 5.91 Å². The maximum absolute atomic E-state index is 12.7. The number of Topliss-reactive ketones (excluding diaryl/α,β-unsaturated/α-hetero) is 1. The van der Waals surface area contributed by atoms with E-state index in [0.29, 0.717) is 23.0 Å². The molecule has 0 saturated carbocycles. The monoisotopic (exact) mass is 469 g/mol. The Balaban J connectivity index is 2.32. The van der Waals surface area contributed by atoms with E-state index in [1.54, 1.807) is 0 Å². The summed E-state index contributed by atoms with van der Waals surface area (Å²) in [5, 5.41) is 10.9. The zero-order chi connectivity index (χ0) is 23.1. The number of carbonyl (C=O) groups excluding carboxylic acids is 2. The van der Waals surface area contributed by atoms with Gasteiger partial charge in [-0.3, -0.25) is 9.59 Å². The molecule has 0 aliphatic rings. The van der Waals surface area contributed by atoms with Crippen molar-refractivity contribution >= 4 is 46.3 Å². The number of halogens is 2. The van der Waals surface area contributed by atoms with Gasteiger partial charge in [-0.2, -0.15) is 10.2 Å². The van der Waals surface area contributed by atoms with Crippen LogP contribution < -0.4 is 24.3 Å². The lowest BCUT2D eigenvalue weighted by Crippen LogP contribution is -2.31. The summed E-state index contributed by atoms with van der Waals surface area (Å²) in [6, 6.07) is 4.48. The number of ether oxygens (including phenoxy) is 4. The second-order valence-electron chi connectivity index (χ2n) is 6.06. The molecule has 1 unspecified atom stereocenters. The zero-order valence-electron chi connectivity index (χ0n) is 17.5. The number of ketones is 1. The molecule has 9 nitrogen and oxygen atoms in total. The summed E-state index contributed by atoms with van der Waals surface area (Å²) in [5.41, 5.74) is 0.437. The Kier molecular flexibility index (Phi) is 8.47. The van der Waals surface area contributed by atoms with Crippen LogP contribution in [0.3, 0.4) is 0 Å². The minimum absolute atomic E-state index is 0.189. The number of hydrogen-bond acceptors (Lipinski definition) is 8. The largest absolute Gasteiger partial charge is 0.495 e. The predicted molar refractivity (Wildman–Crippen MR) is 117 cm³/mol. The molecule has 2 aromatic rings. The maximum atomic E-state index is 12.7. The van der Waals surface area contributed by atoms with Crippen molar-refractivity contribution < 1.29 is 28.5 Å². The Labute approximate surface area is 189 Å². The van der Waals surface area contributed by atoms with Crippen molar-refractivity contribution in [3.05, 3.63) is 34.3 Å². The Morgan fingerprint density at radius 1 is 0.839 bits per heavy atom. The van der Waals surface area contributed by atoms with E-state index in [-0.39, 0.29) is 21.4 Å². The van der Waals surface area contributed by atoms with E-state index in [0.717, 1.165) is 0 Å². The van der Waals surface area contributed by atoms with Gasteiger partial charge in [0.05, 0.1) is 44.2 Å². The number of anilines is 1. The predicted octanol–water partition coefficient (Wildman–Crippen LogP) is 4.71. The lowest BCUT2D eigenvalue weighted by atomic mass is 10.2. The Hall–Kier alpha value is -3.04. The highest BCUT2D eigenvalue weighted by Gasteiger charge is 2.25. The summed E-state index contributed by atoms with van der Waals surface area (Å²) in [6.45, 7) is 1.22.